The molecule has 2 aromatic carbocycles. The molecule has 1 atom stereocenters. The van der Waals surface area contributed by atoms with Gasteiger partial charge in [0.05, 0.1) is 11.7 Å². The Morgan fingerprint density at radius 3 is 2.41 bits per heavy atom. The number of rotatable bonds is 5. The molecule has 0 saturated carbocycles. The summed E-state index contributed by atoms with van der Waals surface area (Å²) >= 11 is 6.12. The SMILES string of the molecule is Cc1c(Cl)cccc1NC(=O)C(C)N1CCC(C(=O)Nc2ccccc2O)CC1. The van der Waals surface area contributed by atoms with E-state index in [1.165, 1.54) is 0 Å². The van der Waals surface area contributed by atoms with E-state index in [0.29, 0.717) is 42.3 Å². The van der Waals surface area contributed by atoms with Gasteiger partial charge in [-0.2, -0.15) is 0 Å². The third-order valence-corrected chi connectivity index (χ3v) is 5.92. The second-order valence-electron chi connectivity index (χ2n) is 7.39. The Morgan fingerprint density at radius 1 is 1.07 bits per heavy atom. The van der Waals surface area contributed by atoms with Crippen molar-refractivity contribution in [1.29, 1.82) is 0 Å². The summed E-state index contributed by atoms with van der Waals surface area (Å²) in [5, 5.41) is 16.2. The number of hydrogen-bond donors (Lipinski definition) is 3. The van der Waals surface area contributed by atoms with Gasteiger partial charge in [0.2, 0.25) is 11.8 Å². The van der Waals surface area contributed by atoms with E-state index in [9.17, 15) is 14.7 Å². The number of nitrogens with one attached hydrogen (secondary N) is 2. The molecule has 0 spiro atoms. The van der Waals surface area contributed by atoms with Gasteiger partial charge < -0.3 is 15.7 Å². The van der Waals surface area contributed by atoms with Crippen molar-refractivity contribution in [2.24, 2.45) is 5.92 Å². The molecule has 3 rings (SSSR count). The molecule has 0 aliphatic carbocycles. The van der Waals surface area contributed by atoms with Crippen LogP contribution < -0.4 is 10.6 Å². The standard InChI is InChI=1S/C22H26ClN3O3/c1-14-17(23)6-5-8-18(14)24-21(28)15(2)26-12-10-16(11-13-26)22(29)25-19-7-3-4-9-20(19)27/h3-9,15-16,27H,10-13H2,1-2H3,(H,24,28)(H,25,29). The highest BCUT2D eigenvalue weighted by Gasteiger charge is 2.30. The van der Waals surface area contributed by atoms with Crippen molar-refractivity contribution in [2.75, 3.05) is 23.7 Å². The Morgan fingerprint density at radius 2 is 1.72 bits per heavy atom. The molecule has 1 aliphatic heterocycles. The molecule has 1 aliphatic rings. The smallest absolute Gasteiger partial charge is 0.241 e. The van der Waals surface area contributed by atoms with Crippen LogP contribution in [0.3, 0.4) is 0 Å². The van der Waals surface area contributed by atoms with Crippen LogP contribution in [-0.4, -0.2) is 41.0 Å². The maximum atomic E-state index is 12.7. The molecule has 1 saturated heterocycles. The molecule has 154 valence electrons. The highest BCUT2D eigenvalue weighted by Crippen LogP contribution is 2.26. The highest BCUT2D eigenvalue weighted by atomic mass is 35.5. The number of carbonyl (C=O) groups is 2. The normalized spacial score (nSPS) is 16.2. The zero-order valence-electron chi connectivity index (χ0n) is 16.6. The van der Waals surface area contributed by atoms with Gasteiger partial charge in [-0.25, -0.2) is 0 Å². The van der Waals surface area contributed by atoms with E-state index >= 15 is 0 Å². The maximum absolute atomic E-state index is 12.7. The number of phenols is 1. The fraction of sp³-hybridized carbons (Fsp3) is 0.364. The van der Waals surface area contributed by atoms with Gasteiger partial charge in [-0.3, -0.25) is 14.5 Å². The van der Waals surface area contributed by atoms with Crippen molar-refractivity contribution in [1.82, 2.24) is 4.90 Å². The van der Waals surface area contributed by atoms with E-state index in [1.807, 2.05) is 26.0 Å². The largest absolute Gasteiger partial charge is 0.506 e. The summed E-state index contributed by atoms with van der Waals surface area (Å²) in [7, 11) is 0. The zero-order valence-corrected chi connectivity index (χ0v) is 17.4. The number of phenolic OH excluding ortho intramolecular Hbond substituents is 1. The van der Waals surface area contributed by atoms with Gasteiger partial charge in [0.25, 0.3) is 0 Å². The molecule has 3 N–H and O–H groups in total. The second kappa shape index (κ2) is 9.29. The minimum absolute atomic E-state index is 0.0555. The average molecular weight is 416 g/mol. The van der Waals surface area contributed by atoms with Crippen molar-refractivity contribution in [3.63, 3.8) is 0 Å². The summed E-state index contributed by atoms with van der Waals surface area (Å²) in [5.74, 6) is -0.276. The van der Waals surface area contributed by atoms with E-state index in [1.54, 1.807) is 30.3 Å². The molecule has 1 heterocycles. The Labute approximate surface area is 175 Å². The summed E-state index contributed by atoms with van der Waals surface area (Å²) in [6.45, 7) is 5.05. The fourth-order valence-electron chi connectivity index (χ4n) is 3.51. The van der Waals surface area contributed by atoms with Crippen LogP contribution in [0.2, 0.25) is 5.02 Å². The average Bonchev–Trinajstić information content (AvgIpc) is 2.72. The lowest BCUT2D eigenvalue weighted by atomic mass is 9.94. The molecule has 2 amide bonds. The van der Waals surface area contributed by atoms with Crippen LogP contribution in [0.15, 0.2) is 42.5 Å². The lowest BCUT2D eigenvalue weighted by Crippen LogP contribution is -2.47. The molecule has 1 fully saturated rings. The number of piperidine rings is 1. The van der Waals surface area contributed by atoms with Gasteiger partial charge in [0.15, 0.2) is 0 Å². The lowest BCUT2D eigenvalue weighted by Gasteiger charge is -2.34. The molecular weight excluding hydrogens is 390 g/mol. The first-order chi connectivity index (χ1) is 13.9. The topological polar surface area (TPSA) is 81.7 Å². The van der Waals surface area contributed by atoms with Crippen LogP contribution in [0.1, 0.15) is 25.3 Å². The highest BCUT2D eigenvalue weighted by molar-refractivity contribution is 6.31. The van der Waals surface area contributed by atoms with Gasteiger partial charge in [0.1, 0.15) is 5.75 Å². The number of likely N-dealkylation sites (tertiary alicyclic amines) is 1. The van der Waals surface area contributed by atoms with E-state index < -0.39 is 0 Å². The van der Waals surface area contributed by atoms with Crippen LogP contribution in [0.25, 0.3) is 0 Å². The van der Waals surface area contributed by atoms with Crippen molar-refractivity contribution < 1.29 is 14.7 Å². The van der Waals surface area contributed by atoms with Crippen LogP contribution in [0.5, 0.6) is 5.75 Å². The Hall–Kier alpha value is -2.57. The van der Waals surface area contributed by atoms with Gasteiger partial charge in [-0.1, -0.05) is 29.8 Å². The third-order valence-electron chi connectivity index (χ3n) is 5.51. The fourth-order valence-corrected chi connectivity index (χ4v) is 3.68. The summed E-state index contributed by atoms with van der Waals surface area (Å²) in [6.07, 6.45) is 1.32. The monoisotopic (exact) mass is 415 g/mol. The zero-order chi connectivity index (χ0) is 21.0. The minimum atomic E-state index is -0.310. The van der Waals surface area contributed by atoms with Crippen LogP contribution in [-0.2, 0) is 9.59 Å². The van der Waals surface area contributed by atoms with E-state index in [4.69, 9.17) is 11.6 Å². The molecular formula is C22H26ClN3O3. The van der Waals surface area contributed by atoms with E-state index in [2.05, 4.69) is 15.5 Å². The molecule has 1 unspecified atom stereocenters. The quantitative estimate of drug-likeness (QED) is 0.644. The van der Waals surface area contributed by atoms with Crippen molar-refractivity contribution >= 4 is 34.8 Å². The summed E-state index contributed by atoms with van der Waals surface area (Å²) in [4.78, 5) is 27.3. The van der Waals surface area contributed by atoms with E-state index in [-0.39, 0.29) is 29.5 Å². The number of amides is 2. The number of halogens is 1. The van der Waals surface area contributed by atoms with Crippen LogP contribution in [0, 0.1) is 12.8 Å². The number of carbonyl (C=O) groups excluding carboxylic acids is 2. The predicted molar refractivity (Wildman–Crippen MR) is 115 cm³/mol. The van der Waals surface area contributed by atoms with Crippen molar-refractivity contribution in [2.45, 2.75) is 32.7 Å². The first-order valence-electron chi connectivity index (χ1n) is 9.75. The molecule has 0 aromatic heterocycles. The Kier molecular flexibility index (Phi) is 6.77. The Balaban J connectivity index is 1.53. The molecule has 7 heteroatoms. The van der Waals surface area contributed by atoms with Crippen LogP contribution in [0.4, 0.5) is 11.4 Å². The molecule has 2 aromatic rings. The molecule has 29 heavy (non-hydrogen) atoms. The second-order valence-corrected chi connectivity index (χ2v) is 7.80. The summed E-state index contributed by atoms with van der Waals surface area (Å²) in [6, 6.07) is 11.8. The summed E-state index contributed by atoms with van der Waals surface area (Å²) < 4.78 is 0. The number of hydrogen-bond acceptors (Lipinski definition) is 4. The van der Waals surface area contributed by atoms with Crippen LogP contribution >= 0.6 is 11.6 Å². The van der Waals surface area contributed by atoms with Gasteiger partial charge in [-0.15, -0.1) is 0 Å². The van der Waals surface area contributed by atoms with Gasteiger partial charge in [0, 0.05) is 16.6 Å². The number of aromatic hydroxyl groups is 1. The molecule has 0 radical (unpaired) electrons. The number of nitrogens with zero attached hydrogens (tertiary/aromatic N) is 1. The number of benzene rings is 2. The first kappa shape index (κ1) is 21.1. The third kappa shape index (κ3) is 5.08. The van der Waals surface area contributed by atoms with Gasteiger partial charge in [-0.05, 0) is 69.6 Å². The summed E-state index contributed by atoms with van der Waals surface area (Å²) in [5.41, 5.74) is 1.98. The Bertz CT molecular complexity index is 895. The van der Waals surface area contributed by atoms with Crippen molar-refractivity contribution in [3.8, 4) is 5.75 Å². The van der Waals surface area contributed by atoms with Crippen molar-refractivity contribution in [3.05, 3.63) is 53.1 Å². The minimum Gasteiger partial charge on any atom is -0.506 e. The first-order valence-corrected chi connectivity index (χ1v) is 10.1. The predicted octanol–water partition coefficient (Wildman–Crippen LogP) is 4.03. The van der Waals surface area contributed by atoms with Gasteiger partial charge >= 0.3 is 0 Å². The number of anilines is 2. The molecule has 0 bridgehead atoms. The maximum Gasteiger partial charge on any atom is 0.241 e. The lowest BCUT2D eigenvalue weighted by molar-refractivity contribution is -0.123. The van der Waals surface area contributed by atoms with E-state index in [0.717, 1.165) is 5.56 Å². The molecule has 6 nitrogen and oxygen atoms in total. The number of para-hydroxylation sites is 2.